The Morgan fingerprint density at radius 1 is 1.47 bits per heavy atom. The Balaban J connectivity index is 2.26. The van der Waals surface area contributed by atoms with Crippen molar-refractivity contribution in [2.75, 3.05) is 32.6 Å². The molecule has 0 radical (unpaired) electrons. The topological polar surface area (TPSA) is 12.5 Å². The van der Waals surface area contributed by atoms with Crippen LogP contribution in [0.1, 0.15) is 33.1 Å². The van der Waals surface area contributed by atoms with Gasteiger partial charge in [-0.05, 0) is 45.6 Å². The minimum Gasteiger partial charge on any atom is -0.379 e. The van der Waals surface area contributed by atoms with Crippen molar-refractivity contribution in [3.8, 4) is 0 Å². The van der Waals surface area contributed by atoms with Gasteiger partial charge in [0.2, 0.25) is 0 Å². The van der Waals surface area contributed by atoms with Crippen LogP contribution < -0.4 is 0 Å². The Morgan fingerprint density at radius 2 is 2.20 bits per heavy atom. The van der Waals surface area contributed by atoms with Gasteiger partial charge < -0.3 is 9.64 Å². The number of piperidine rings is 1. The van der Waals surface area contributed by atoms with Crippen LogP contribution in [0.15, 0.2) is 0 Å². The second kappa shape index (κ2) is 6.07. The van der Waals surface area contributed by atoms with Crippen LogP contribution in [0, 0.1) is 5.92 Å². The monoisotopic (exact) mass is 233 g/mol. The Labute approximate surface area is 98.9 Å². The Bertz CT molecular complexity index is 184. The Hall–Kier alpha value is 0.210. The lowest BCUT2D eigenvalue weighted by molar-refractivity contribution is 0.00456. The lowest BCUT2D eigenvalue weighted by Crippen LogP contribution is -2.39. The molecule has 0 saturated carbocycles. The first-order valence-corrected chi connectivity index (χ1v) is 6.44. The molecule has 1 heterocycles. The molecule has 0 amide bonds. The molecule has 0 aromatic heterocycles. The zero-order chi connectivity index (χ0) is 11.3. The summed E-state index contributed by atoms with van der Waals surface area (Å²) in [6, 6.07) is 0. The van der Waals surface area contributed by atoms with Gasteiger partial charge in [-0.1, -0.05) is 0 Å². The van der Waals surface area contributed by atoms with E-state index >= 15 is 0 Å². The molecule has 0 spiro atoms. The molecular formula is C12H24ClNO. The Morgan fingerprint density at radius 3 is 2.80 bits per heavy atom. The summed E-state index contributed by atoms with van der Waals surface area (Å²) >= 11 is 5.91. The first-order valence-electron chi connectivity index (χ1n) is 5.91. The molecule has 1 saturated heterocycles. The third-order valence-corrected chi connectivity index (χ3v) is 3.84. The van der Waals surface area contributed by atoms with Crippen LogP contribution in [0.25, 0.3) is 0 Å². The van der Waals surface area contributed by atoms with Gasteiger partial charge in [0.05, 0.1) is 5.60 Å². The molecule has 90 valence electrons. The molecule has 1 atom stereocenters. The second-order valence-electron chi connectivity index (χ2n) is 5.18. The van der Waals surface area contributed by atoms with E-state index in [1.54, 1.807) is 7.11 Å². The lowest BCUT2D eigenvalue weighted by atomic mass is 9.98. The zero-order valence-corrected chi connectivity index (χ0v) is 11.0. The first kappa shape index (κ1) is 13.3. The molecule has 0 aromatic rings. The Kier molecular flexibility index (Phi) is 5.37. The van der Waals surface area contributed by atoms with E-state index in [-0.39, 0.29) is 5.60 Å². The number of hydrogen-bond acceptors (Lipinski definition) is 2. The minimum absolute atomic E-state index is 0.00785. The van der Waals surface area contributed by atoms with Crippen molar-refractivity contribution in [3.63, 3.8) is 0 Å². The number of likely N-dealkylation sites (tertiary alicyclic amines) is 1. The van der Waals surface area contributed by atoms with Crippen molar-refractivity contribution in [2.24, 2.45) is 5.92 Å². The highest BCUT2D eigenvalue weighted by molar-refractivity contribution is 6.18. The predicted octanol–water partition coefficient (Wildman–Crippen LogP) is 2.75. The standard InChI is InChI=1S/C12H24ClNO/c1-12(2,15-3)6-8-14-7-4-5-11(9-13)10-14/h11H,4-10H2,1-3H3. The molecule has 15 heavy (non-hydrogen) atoms. The van der Waals surface area contributed by atoms with Crippen molar-refractivity contribution < 1.29 is 4.74 Å². The van der Waals surface area contributed by atoms with Crippen LogP contribution in [0.2, 0.25) is 0 Å². The van der Waals surface area contributed by atoms with Gasteiger partial charge in [0.25, 0.3) is 0 Å². The summed E-state index contributed by atoms with van der Waals surface area (Å²) in [5.74, 6) is 1.51. The molecular weight excluding hydrogens is 210 g/mol. The van der Waals surface area contributed by atoms with Gasteiger partial charge in [0, 0.05) is 26.1 Å². The normalized spacial score (nSPS) is 24.4. The van der Waals surface area contributed by atoms with E-state index in [0.29, 0.717) is 5.92 Å². The highest BCUT2D eigenvalue weighted by atomic mass is 35.5. The van der Waals surface area contributed by atoms with Crippen molar-refractivity contribution >= 4 is 11.6 Å². The molecule has 1 fully saturated rings. The van der Waals surface area contributed by atoms with Gasteiger partial charge in [-0.15, -0.1) is 11.6 Å². The van der Waals surface area contributed by atoms with Gasteiger partial charge in [0.15, 0.2) is 0 Å². The predicted molar refractivity (Wildman–Crippen MR) is 65.6 cm³/mol. The highest BCUT2D eigenvalue weighted by Crippen LogP contribution is 2.20. The maximum atomic E-state index is 5.91. The van der Waals surface area contributed by atoms with Crippen LogP contribution >= 0.6 is 11.6 Å². The third-order valence-electron chi connectivity index (χ3n) is 3.40. The summed E-state index contributed by atoms with van der Waals surface area (Å²) in [7, 11) is 1.79. The van der Waals surface area contributed by atoms with Gasteiger partial charge in [0.1, 0.15) is 0 Å². The van der Waals surface area contributed by atoms with E-state index in [9.17, 15) is 0 Å². The summed E-state index contributed by atoms with van der Waals surface area (Å²) in [6.45, 7) is 7.83. The molecule has 0 N–H and O–H groups in total. The molecule has 1 rings (SSSR count). The minimum atomic E-state index is 0.00785. The molecule has 3 heteroatoms. The molecule has 1 aliphatic rings. The quantitative estimate of drug-likeness (QED) is 0.678. The zero-order valence-electron chi connectivity index (χ0n) is 10.3. The van der Waals surface area contributed by atoms with Crippen LogP contribution in [0.3, 0.4) is 0 Å². The largest absolute Gasteiger partial charge is 0.379 e. The van der Waals surface area contributed by atoms with E-state index in [2.05, 4.69) is 18.7 Å². The summed E-state index contributed by atoms with van der Waals surface area (Å²) in [6.07, 6.45) is 3.69. The number of nitrogens with zero attached hydrogens (tertiary/aromatic N) is 1. The summed E-state index contributed by atoms with van der Waals surface area (Å²) in [4.78, 5) is 2.53. The fourth-order valence-corrected chi connectivity index (χ4v) is 2.26. The number of halogens is 1. The number of alkyl halides is 1. The van der Waals surface area contributed by atoms with Gasteiger partial charge in [-0.25, -0.2) is 0 Å². The second-order valence-corrected chi connectivity index (χ2v) is 5.49. The average Bonchev–Trinajstić information content (AvgIpc) is 2.27. The molecule has 0 bridgehead atoms. The SMILES string of the molecule is COC(C)(C)CCN1CCCC(CCl)C1. The maximum absolute atomic E-state index is 5.91. The van der Waals surface area contributed by atoms with E-state index in [1.165, 1.54) is 25.9 Å². The number of methoxy groups -OCH3 is 1. The van der Waals surface area contributed by atoms with Gasteiger partial charge >= 0.3 is 0 Å². The molecule has 0 aliphatic carbocycles. The third kappa shape index (κ3) is 4.71. The van der Waals surface area contributed by atoms with Crippen LogP contribution in [0.4, 0.5) is 0 Å². The maximum Gasteiger partial charge on any atom is 0.0634 e. The lowest BCUT2D eigenvalue weighted by Gasteiger charge is -2.34. The van der Waals surface area contributed by atoms with Crippen LogP contribution in [-0.4, -0.2) is 43.1 Å². The fraction of sp³-hybridized carbons (Fsp3) is 1.00. The van der Waals surface area contributed by atoms with Crippen LogP contribution in [-0.2, 0) is 4.74 Å². The molecule has 1 unspecified atom stereocenters. The molecule has 2 nitrogen and oxygen atoms in total. The molecule has 0 aromatic carbocycles. The van der Waals surface area contributed by atoms with Gasteiger partial charge in [-0.2, -0.15) is 0 Å². The van der Waals surface area contributed by atoms with E-state index in [4.69, 9.17) is 16.3 Å². The average molecular weight is 234 g/mol. The number of ether oxygens (including phenoxy) is 1. The van der Waals surface area contributed by atoms with Crippen molar-refractivity contribution in [1.82, 2.24) is 4.90 Å². The summed E-state index contributed by atoms with van der Waals surface area (Å²) in [5, 5.41) is 0. The van der Waals surface area contributed by atoms with Crippen molar-refractivity contribution in [3.05, 3.63) is 0 Å². The van der Waals surface area contributed by atoms with Crippen molar-refractivity contribution in [1.29, 1.82) is 0 Å². The smallest absolute Gasteiger partial charge is 0.0634 e. The first-order chi connectivity index (χ1) is 7.07. The van der Waals surface area contributed by atoms with Gasteiger partial charge in [-0.3, -0.25) is 0 Å². The van der Waals surface area contributed by atoms with Crippen LogP contribution in [0.5, 0.6) is 0 Å². The summed E-state index contributed by atoms with van der Waals surface area (Å²) in [5.41, 5.74) is 0.00785. The molecule has 1 aliphatic heterocycles. The highest BCUT2D eigenvalue weighted by Gasteiger charge is 2.22. The van der Waals surface area contributed by atoms with E-state index < -0.39 is 0 Å². The number of hydrogen-bond donors (Lipinski definition) is 0. The van der Waals surface area contributed by atoms with E-state index in [0.717, 1.165) is 18.8 Å². The number of rotatable bonds is 5. The van der Waals surface area contributed by atoms with E-state index in [1.807, 2.05) is 0 Å². The van der Waals surface area contributed by atoms with Crippen molar-refractivity contribution in [2.45, 2.75) is 38.7 Å². The summed E-state index contributed by atoms with van der Waals surface area (Å²) < 4.78 is 5.43. The fourth-order valence-electron chi connectivity index (χ4n) is 2.01.